The molecule has 17 heavy (non-hydrogen) atoms. The Hall–Kier alpha value is -1.35. The maximum Gasteiger partial charge on any atom is 0.411 e. The fraction of sp³-hybridized carbons (Fsp3) is 0.375. The summed E-state index contributed by atoms with van der Waals surface area (Å²) in [5, 5.41) is -0.484. The number of ether oxygens (including phenoxy) is 1. The molecule has 5 nitrogen and oxygen atoms in total. The second-order valence-corrected chi connectivity index (χ2v) is 4.95. The van der Waals surface area contributed by atoms with Crippen LogP contribution in [0.3, 0.4) is 0 Å². The van der Waals surface area contributed by atoms with Gasteiger partial charge in [-0.25, -0.2) is 13.4 Å². The third-order valence-corrected chi connectivity index (χ3v) is 3.01. The van der Waals surface area contributed by atoms with Crippen LogP contribution in [-0.2, 0) is 14.6 Å². The van der Waals surface area contributed by atoms with Gasteiger partial charge < -0.3 is 10.5 Å². The van der Waals surface area contributed by atoms with Crippen molar-refractivity contribution in [1.82, 2.24) is 4.98 Å². The van der Waals surface area contributed by atoms with Gasteiger partial charge in [0.1, 0.15) is 6.61 Å². The summed E-state index contributed by atoms with van der Waals surface area (Å²) in [7, 11) is -4.07. The maximum absolute atomic E-state index is 11.8. The number of hydrogen-bond donors (Lipinski definition) is 1. The highest BCUT2D eigenvalue weighted by atomic mass is 32.2. The molecule has 0 aromatic carbocycles. The molecule has 0 fully saturated rings. The maximum atomic E-state index is 11.8. The first-order valence-electron chi connectivity index (χ1n) is 4.30. The number of sulfone groups is 1. The minimum atomic E-state index is -4.58. The first-order valence-corrected chi connectivity index (χ1v) is 5.95. The molecule has 0 aliphatic rings. The Balaban J connectivity index is 2.74. The van der Waals surface area contributed by atoms with Crippen LogP contribution >= 0.6 is 0 Å². The number of pyridine rings is 1. The van der Waals surface area contributed by atoms with E-state index in [1.54, 1.807) is 0 Å². The lowest BCUT2D eigenvalue weighted by Gasteiger charge is -2.08. The number of hydrogen-bond acceptors (Lipinski definition) is 5. The molecule has 1 aromatic rings. The summed E-state index contributed by atoms with van der Waals surface area (Å²) in [4.78, 5) is 3.49. The molecule has 1 rings (SSSR count). The van der Waals surface area contributed by atoms with E-state index in [9.17, 15) is 21.6 Å². The van der Waals surface area contributed by atoms with Crippen LogP contribution in [0.1, 0.15) is 0 Å². The van der Waals surface area contributed by atoms with E-state index in [0.717, 1.165) is 0 Å². The van der Waals surface area contributed by atoms with Crippen LogP contribution in [0.25, 0.3) is 0 Å². The molecule has 0 radical (unpaired) electrons. The number of anilines is 1. The number of rotatable bonds is 4. The van der Waals surface area contributed by atoms with Gasteiger partial charge in [-0.1, -0.05) is 0 Å². The van der Waals surface area contributed by atoms with Crippen LogP contribution in [0.5, 0.6) is 0 Å². The summed E-state index contributed by atoms with van der Waals surface area (Å²) in [6, 6.07) is 2.69. The zero-order valence-corrected chi connectivity index (χ0v) is 9.25. The lowest BCUT2D eigenvalue weighted by Crippen LogP contribution is -2.21. The lowest BCUT2D eigenvalue weighted by molar-refractivity contribution is -0.169. The molecular weight excluding hydrogens is 261 g/mol. The highest BCUT2D eigenvalue weighted by Crippen LogP contribution is 2.18. The summed E-state index contributed by atoms with van der Waals surface area (Å²) < 4.78 is 62.3. The van der Waals surface area contributed by atoms with Gasteiger partial charge in [0, 0.05) is 6.20 Å². The Morgan fingerprint density at radius 2 is 2.06 bits per heavy atom. The van der Waals surface area contributed by atoms with E-state index in [-0.39, 0.29) is 5.69 Å². The zero-order chi connectivity index (χ0) is 13.1. The molecule has 0 bridgehead atoms. The fourth-order valence-electron chi connectivity index (χ4n) is 0.986. The van der Waals surface area contributed by atoms with Gasteiger partial charge in [-0.2, -0.15) is 13.2 Å². The van der Waals surface area contributed by atoms with Gasteiger partial charge in [0.05, 0.1) is 5.69 Å². The molecule has 1 aromatic heterocycles. The summed E-state index contributed by atoms with van der Waals surface area (Å²) in [5.74, 6) is -1.12. The second-order valence-electron chi connectivity index (χ2n) is 3.09. The third-order valence-electron chi connectivity index (χ3n) is 1.60. The molecule has 0 saturated carbocycles. The third kappa shape index (κ3) is 4.19. The Kier molecular flexibility index (Phi) is 3.94. The van der Waals surface area contributed by atoms with Gasteiger partial charge in [0.2, 0.25) is 9.84 Å². The summed E-state index contributed by atoms with van der Waals surface area (Å²) in [6.07, 6.45) is -3.40. The standard InChI is InChI=1S/C8H9F3N2O3S/c9-8(10,11)4-16-5-17(14,15)7-6(12)2-1-3-13-7/h1-3H,4-5,12H2. The van der Waals surface area contributed by atoms with Gasteiger partial charge in [0.15, 0.2) is 11.0 Å². The number of nitrogen functional groups attached to an aromatic ring is 1. The molecule has 0 aliphatic carbocycles. The minimum Gasteiger partial charge on any atom is -0.396 e. The Labute approximate surface area is 95.3 Å². The normalized spacial score (nSPS) is 12.6. The molecule has 0 spiro atoms. The lowest BCUT2D eigenvalue weighted by atomic mass is 10.4. The molecular formula is C8H9F3N2O3S. The van der Waals surface area contributed by atoms with Crippen molar-refractivity contribution in [3.63, 3.8) is 0 Å². The SMILES string of the molecule is Nc1cccnc1S(=O)(=O)COCC(F)(F)F. The summed E-state index contributed by atoms with van der Waals surface area (Å²) in [5.41, 5.74) is 5.21. The van der Waals surface area contributed by atoms with Crippen molar-refractivity contribution in [2.75, 3.05) is 18.3 Å². The van der Waals surface area contributed by atoms with Crippen LogP contribution < -0.4 is 5.73 Å². The van der Waals surface area contributed by atoms with E-state index in [4.69, 9.17) is 5.73 Å². The van der Waals surface area contributed by atoms with Gasteiger partial charge in [0.25, 0.3) is 0 Å². The Morgan fingerprint density at radius 3 is 2.59 bits per heavy atom. The monoisotopic (exact) mass is 270 g/mol. The van der Waals surface area contributed by atoms with E-state index < -0.39 is 33.6 Å². The van der Waals surface area contributed by atoms with Gasteiger partial charge in [-0.05, 0) is 12.1 Å². The minimum absolute atomic E-state index is 0.136. The van der Waals surface area contributed by atoms with Crippen molar-refractivity contribution in [3.8, 4) is 0 Å². The highest BCUT2D eigenvalue weighted by molar-refractivity contribution is 7.91. The van der Waals surface area contributed by atoms with Crippen LogP contribution in [-0.4, -0.2) is 32.1 Å². The molecule has 1 heterocycles. The van der Waals surface area contributed by atoms with Crippen molar-refractivity contribution in [2.24, 2.45) is 0 Å². The second kappa shape index (κ2) is 4.88. The first kappa shape index (κ1) is 13.7. The molecule has 0 unspecified atom stereocenters. The smallest absolute Gasteiger partial charge is 0.396 e. The van der Waals surface area contributed by atoms with Crippen LogP contribution in [0.2, 0.25) is 0 Å². The van der Waals surface area contributed by atoms with Gasteiger partial charge in [-0.15, -0.1) is 0 Å². The van der Waals surface area contributed by atoms with Crippen molar-refractivity contribution in [3.05, 3.63) is 18.3 Å². The van der Waals surface area contributed by atoms with E-state index in [0.29, 0.717) is 0 Å². The average molecular weight is 270 g/mol. The van der Waals surface area contributed by atoms with Crippen molar-refractivity contribution in [2.45, 2.75) is 11.2 Å². The first-order chi connectivity index (χ1) is 7.72. The molecule has 0 saturated heterocycles. The molecule has 9 heteroatoms. The van der Waals surface area contributed by atoms with E-state index in [2.05, 4.69) is 9.72 Å². The average Bonchev–Trinajstić information content (AvgIpc) is 2.15. The van der Waals surface area contributed by atoms with Crippen LogP contribution in [0, 0.1) is 0 Å². The fourth-order valence-corrected chi connectivity index (χ4v) is 2.05. The molecule has 96 valence electrons. The highest BCUT2D eigenvalue weighted by Gasteiger charge is 2.29. The predicted octanol–water partition coefficient (Wildman–Crippen LogP) is 0.974. The van der Waals surface area contributed by atoms with Crippen LogP contribution in [0.15, 0.2) is 23.4 Å². The van der Waals surface area contributed by atoms with E-state index in [1.165, 1.54) is 18.3 Å². The van der Waals surface area contributed by atoms with Crippen molar-refractivity contribution < 1.29 is 26.3 Å². The summed E-state index contributed by atoms with van der Waals surface area (Å²) >= 11 is 0. The topological polar surface area (TPSA) is 82.3 Å². The predicted molar refractivity (Wildman–Crippen MR) is 52.7 cm³/mol. The van der Waals surface area contributed by atoms with E-state index in [1.807, 2.05) is 0 Å². The molecule has 0 aliphatic heterocycles. The largest absolute Gasteiger partial charge is 0.411 e. The van der Waals surface area contributed by atoms with Gasteiger partial charge in [-0.3, -0.25) is 0 Å². The van der Waals surface area contributed by atoms with Crippen molar-refractivity contribution >= 4 is 15.5 Å². The number of nitrogens with two attached hydrogens (primary N) is 1. The van der Waals surface area contributed by atoms with Crippen molar-refractivity contribution in [1.29, 1.82) is 0 Å². The molecule has 2 N–H and O–H groups in total. The number of alkyl halides is 3. The van der Waals surface area contributed by atoms with E-state index >= 15 is 0 Å². The van der Waals surface area contributed by atoms with Gasteiger partial charge >= 0.3 is 6.18 Å². The quantitative estimate of drug-likeness (QED) is 0.881. The Morgan fingerprint density at radius 1 is 1.41 bits per heavy atom. The summed E-state index contributed by atoms with van der Waals surface area (Å²) in [6.45, 7) is -1.64. The van der Waals surface area contributed by atoms with Crippen LogP contribution in [0.4, 0.5) is 18.9 Å². The molecule has 0 atom stereocenters. The number of nitrogens with zero attached hydrogens (tertiary/aromatic N) is 1. The Bertz CT molecular complexity index is 487. The number of aromatic nitrogens is 1. The zero-order valence-electron chi connectivity index (χ0n) is 8.44. The number of halogens is 3. The molecule has 0 amide bonds.